The maximum absolute atomic E-state index is 12.7. The molecule has 29 heavy (non-hydrogen) atoms. The zero-order valence-corrected chi connectivity index (χ0v) is 16.7. The van der Waals surface area contributed by atoms with E-state index in [0.29, 0.717) is 18.8 Å². The molecule has 148 valence electrons. The molecular formula is C23H22ClN3O2. The lowest BCUT2D eigenvalue weighted by Gasteiger charge is -2.36. The van der Waals surface area contributed by atoms with E-state index >= 15 is 0 Å². The Bertz CT molecular complexity index is 1050. The van der Waals surface area contributed by atoms with E-state index < -0.39 is 0 Å². The summed E-state index contributed by atoms with van der Waals surface area (Å²) in [6.45, 7) is 2.85. The van der Waals surface area contributed by atoms with Crippen LogP contribution in [0.25, 0.3) is 10.8 Å². The Kier molecular flexibility index (Phi) is 5.67. The lowest BCUT2D eigenvalue weighted by atomic mass is 10.0. The minimum Gasteiger partial charge on any atom is -0.483 e. The van der Waals surface area contributed by atoms with Crippen LogP contribution in [0.2, 0.25) is 5.02 Å². The first-order chi connectivity index (χ1) is 14.2. The van der Waals surface area contributed by atoms with Crippen LogP contribution >= 0.6 is 11.6 Å². The van der Waals surface area contributed by atoms with Gasteiger partial charge in [0.05, 0.1) is 0 Å². The number of hydrogen-bond donors (Lipinski definition) is 1. The molecule has 1 heterocycles. The van der Waals surface area contributed by atoms with E-state index in [2.05, 4.69) is 4.90 Å². The van der Waals surface area contributed by atoms with E-state index in [9.17, 15) is 4.79 Å². The Morgan fingerprint density at radius 2 is 1.76 bits per heavy atom. The second-order valence-corrected chi connectivity index (χ2v) is 7.42. The highest BCUT2D eigenvalue weighted by atomic mass is 35.5. The van der Waals surface area contributed by atoms with Crippen LogP contribution in [0, 0.1) is 5.41 Å². The van der Waals surface area contributed by atoms with Crippen molar-refractivity contribution < 1.29 is 9.53 Å². The summed E-state index contributed by atoms with van der Waals surface area (Å²) in [5.41, 5.74) is 1.91. The van der Waals surface area contributed by atoms with Gasteiger partial charge in [-0.25, -0.2) is 0 Å². The minimum absolute atomic E-state index is 0.00505. The molecule has 1 amide bonds. The zero-order valence-electron chi connectivity index (χ0n) is 16.0. The summed E-state index contributed by atoms with van der Waals surface area (Å²) < 4.78 is 5.86. The lowest BCUT2D eigenvalue weighted by Crippen LogP contribution is -2.50. The van der Waals surface area contributed by atoms with Crippen LogP contribution in [0.4, 0.5) is 5.69 Å². The molecule has 1 saturated heterocycles. The first-order valence-corrected chi connectivity index (χ1v) is 9.97. The fraction of sp³-hybridized carbons (Fsp3) is 0.217. The summed E-state index contributed by atoms with van der Waals surface area (Å²) in [6.07, 6.45) is 1.33. The first-order valence-electron chi connectivity index (χ1n) is 9.59. The summed E-state index contributed by atoms with van der Waals surface area (Å²) in [7, 11) is 0. The number of nitrogens with one attached hydrogen (secondary N) is 1. The van der Waals surface area contributed by atoms with Crippen molar-refractivity contribution in [2.24, 2.45) is 0 Å². The van der Waals surface area contributed by atoms with Crippen molar-refractivity contribution >= 4 is 40.2 Å². The number of carbonyl (C=O) groups excluding carboxylic acids is 1. The topological polar surface area (TPSA) is 56.6 Å². The van der Waals surface area contributed by atoms with Gasteiger partial charge in [0, 0.05) is 54.1 Å². The van der Waals surface area contributed by atoms with Gasteiger partial charge >= 0.3 is 0 Å². The highest BCUT2D eigenvalue weighted by Crippen LogP contribution is 2.28. The minimum atomic E-state index is -0.0176. The lowest BCUT2D eigenvalue weighted by molar-refractivity contribution is -0.133. The molecule has 0 aromatic heterocycles. The molecule has 1 N–H and O–H groups in total. The largest absolute Gasteiger partial charge is 0.483 e. The highest BCUT2D eigenvalue weighted by Gasteiger charge is 2.22. The monoisotopic (exact) mass is 407 g/mol. The molecule has 5 nitrogen and oxygen atoms in total. The molecule has 6 heteroatoms. The summed E-state index contributed by atoms with van der Waals surface area (Å²) >= 11 is 6.08. The van der Waals surface area contributed by atoms with Crippen molar-refractivity contribution in [1.82, 2.24) is 4.90 Å². The van der Waals surface area contributed by atoms with Crippen molar-refractivity contribution in [1.29, 1.82) is 5.41 Å². The van der Waals surface area contributed by atoms with Gasteiger partial charge in [0.1, 0.15) is 5.75 Å². The van der Waals surface area contributed by atoms with E-state index in [1.54, 1.807) is 0 Å². The summed E-state index contributed by atoms with van der Waals surface area (Å²) in [4.78, 5) is 16.7. The van der Waals surface area contributed by atoms with Crippen LogP contribution in [-0.4, -0.2) is 49.8 Å². The summed E-state index contributed by atoms with van der Waals surface area (Å²) in [5.74, 6) is 0.646. The van der Waals surface area contributed by atoms with E-state index in [0.717, 1.165) is 40.1 Å². The van der Waals surface area contributed by atoms with Crippen molar-refractivity contribution in [3.63, 3.8) is 0 Å². The molecule has 0 unspecified atom stereocenters. The Labute approximate surface area is 175 Å². The molecule has 0 spiro atoms. The summed E-state index contributed by atoms with van der Waals surface area (Å²) in [5, 5.41) is 10.1. The molecule has 1 fully saturated rings. The zero-order chi connectivity index (χ0) is 20.2. The van der Waals surface area contributed by atoms with Crippen molar-refractivity contribution in [2.75, 3.05) is 37.7 Å². The van der Waals surface area contributed by atoms with Gasteiger partial charge < -0.3 is 19.9 Å². The van der Waals surface area contributed by atoms with E-state index in [1.807, 2.05) is 65.6 Å². The number of benzene rings is 3. The average Bonchev–Trinajstić information content (AvgIpc) is 2.77. The predicted molar refractivity (Wildman–Crippen MR) is 118 cm³/mol. The van der Waals surface area contributed by atoms with E-state index in [1.165, 1.54) is 6.21 Å². The molecule has 0 aliphatic carbocycles. The SMILES string of the molecule is N=Cc1ccc(OCC(=O)N2CCN(c3cccc(Cl)c3)CC2)c2ccccc12. The van der Waals surface area contributed by atoms with Gasteiger partial charge in [-0.15, -0.1) is 0 Å². The van der Waals surface area contributed by atoms with Crippen molar-refractivity contribution in [3.05, 3.63) is 71.2 Å². The van der Waals surface area contributed by atoms with Crippen LogP contribution in [0.5, 0.6) is 5.75 Å². The molecular weight excluding hydrogens is 386 g/mol. The van der Waals surface area contributed by atoms with Gasteiger partial charge in [0.2, 0.25) is 0 Å². The Morgan fingerprint density at radius 1 is 1.00 bits per heavy atom. The van der Waals surface area contributed by atoms with Crippen LogP contribution in [0.15, 0.2) is 60.7 Å². The molecule has 0 saturated carbocycles. The molecule has 1 aliphatic rings. The summed E-state index contributed by atoms with van der Waals surface area (Å²) in [6, 6.07) is 19.2. The third-order valence-electron chi connectivity index (χ3n) is 5.23. The Hall–Kier alpha value is -3.05. The van der Waals surface area contributed by atoms with Gasteiger partial charge in [0.25, 0.3) is 5.91 Å². The van der Waals surface area contributed by atoms with Gasteiger partial charge in [-0.2, -0.15) is 0 Å². The van der Waals surface area contributed by atoms with Gasteiger partial charge in [-0.05, 0) is 35.7 Å². The Morgan fingerprint density at radius 3 is 2.48 bits per heavy atom. The molecule has 3 aromatic carbocycles. The highest BCUT2D eigenvalue weighted by molar-refractivity contribution is 6.30. The molecule has 4 rings (SSSR count). The van der Waals surface area contributed by atoms with Gasteiger partial charge in [0.15, 0.2) is 6.61 Å². The second-order valence-electron chi connectivity index (χ2n) is 6.98. The van der Waals surface area contributed by atoms with E-state index in [4.69, 9.17) is 21.7 Å². The van der Waals surface area contributed by atoms with Crippen molar-refractivity contribution in [3.8, 4) is 5.75 Å². The number of hydrogen-bond acceptors (Lipinski definition) is 4. The molecule has 1 aliphatic heterocycles. The Balaban J connectivity index is 1.38. The van der Waals surface area contributed by atoms with Gasteiger partial charge in [-0.1, -0.05) is 41.9 Å². The van der Waals surface area contributed by atoms with E-state index in [-0.39, 0.29) is 12.5 Å². The fourth-order valence-electron chi connectivity index (χ4n) is 3.66. The third-order valence-corrected chi connectivity index (χ3v) is 5.47. The smallest absolute Gasteiger partial charge is 0.260 e. The third kappa shape index (κ3) is 4.20. The van der Waals surface area contributed by atoms with Crippen molar-refractivity contribution in [2.45, 2.75) is 0 Å². The molecule has 0 radical (unpaired) electrons. The van der Waals surface area contributed by atoms with Crippen LogP contribution in [-0.2, 0) is 4.79 Å². The predicted octanol–water partition coefficient (Wildman–Crippen LogP) is 4.22. The average molecular weight is 408 g/mol. The molecule has 3 aromatic rings. The number of anilines is 1. The normalized spacial score (nSPS) is 14.1. The number of piperazine rings is 1. The number of rotatable bonds is 5. The molecule has 0 atom stereocenters. The quantitative estimate of drug-likeness (QED) is 0.644. The van der Waals surface area contributed by atoms with Crippen LogP contribution < -0.4 is 9.64 Å². The number of amides is 1. The first kappa shape index (κ1) is 19.3. The number of ether oxygens (including phenoxy) is 1. The van der Waals surface area contributed by atoms with Crippen LogP contribution in [0.1, 0.15) is 5.56 Å². The molecule has 0 bridgehead atoms. The number of fused-ring (bicyclic) bond motifs is 1. The second kappa shape index (κ2) is 8.53. The maximum atomic E-state index is 12.7. The number of nitrogens with zero attached hydrogens (tertiary/aromatic N) is 2. The number of halogens is 1. The number of carbonyl (C=O) groups is 1. The van der Waals surface area contributed by atoms with Gasteiger partial charge in [-0.3, -0.25) is 4.79 Å². The standard InChI is InChI=1S/C23H22ClN3O2/c24-18-4-3-5-19(14-18)26-10-12-27(13-11-26)23(28)16-29-22-9-8-17(15-25)20-6-1-2-7-21(20)22/h1-9,14-15,25H,10-13,16H2. The van der Waals surface area contributed by atoms with Crippen LogP contribution in [0.3, 0.4) is 0 Å². The fourth-order valence-corrected chi connectivity index (χ4v) is 3.85. The maximum Gasteiger partial charge on any atom is 0.260 e.